The van der Waals surface area contributed by atoms with Crippen molar-refractivity contribution in [2.24, 2.45) is 5.92 Å². The first-order valence-electron chi connectivity index (χ1n) is 5.42. The van der Waals surface area contributed by atoms with E-state index in [1.165, 1.54) is 19.3 Å². The maximum absolute atomic E-state index is 4.15. The van der Waals surface area contributed by atoms with Gasteiger partial charge in [0.15, 0.2) is 0 Å². The van der Waals surface area contributed by atoms with Gasteiger partial charge in [0.05, 0.1) is 6.04 Å². The number of hydrogen-bond donors (Lipinski definition) is 2. The van der Waals surface area contributed by atoms with E-state index in [0.717, 1.165) is 11.7 Å². The van der Waals surface area contributed by atoms with Crippen LogP contribution in [0.15, 0.2) is 6.33 Å². The van der Waals surface area contributed by atoms with Crippen molar-refractivity contribution in [3.05, 3.63) is 12.2 Å². The number of rotatable bonds is 5. The second-order valence-corrected chi connectivity index (χ2v) is 4.11. The predicted octanol–water partition coefficient (Wildman–Crippen LogP) is 1.64. The van der Waals surface area contributed by atoms with Crippen LogP contribution in [0.2, 0.25) is 0 Å². The summed E-state index contributed by atoms with van der Waals surface area (Å²) < 4.78 is 0. The van der Waals surface area contributed by atoms with Crippen LogP contribution < -0.4 is 5.32 Å². The molecule has 0 bridgehead atoms. The molecule has 0 radical (unpaired) electrons. The second-order valence-electron chi connectivity index (χ2n) is 4.11. The van der Waals surface area contributed by atoms with Crippen LogP contribution in [0.3, 0.4) is 0 Å². The monoisotopic (exact) mass is 194 g/mol. The number of nitrogens with zero attached hydrogens (tertiary/aromatic N) is 2. The topological polar surface area (TPSA) is 53.6 Å². The van der Waals surface area contributed by atoms with Gasteiger partial charge in [-0.3, -0.25) is 5.10 Å². The first-order chi connectivity index (χ1) is 6.81. The lowest BCUT2D eigenvalue weighted by Gasteiger charge is -2.20. The molecule has 0 aliphatic heterocycles. The van der Waals surface area contributed by atoms with Gasteiger partial charge in [0.25, 0.3) is 0 Å². The predicted molar refractivity (Wildman–Crippen MR) is 54.7 cm³/mol. The van der Waals surface area contributed by atoms with Crippen LogP contribution in [0.1, 0.15) is 45.0 Å². The van der Waals surface area contributed by atoms with E-state index in [4.69, 9.17) is 0 Å². The van der Waals surface area contributed by atoms with E-state index in [1.54, 1.807) is 6.33 Å². The number of nitrogens with one attached hydrogen (secondary N) is 2. The Morgan fingerprint density at radius 2 is 2.43 bits per heavy atom. The molecule has 0 aromatic carbocycles. The SMILES string of the molecule is CCC(NC(C)c1ncn[nH]1)C1CC1. The summed E-state index contributed by atoms with van der Waals surface area (Å²) in [6.45, 7) is 4.37. The van der Waals surface area contributed by atoms with Gasteiger partial charge in [-0.2, -0.15) is 5.10 Å². The van der Waals surface area contributed by atoms with Crippen molar-refractivity contribution in [1.82, 2.24) is 20.5 Å². The molecule has 0 spiro atoms. The summed E-state index contributed by atoms with van der Waals surface area (Å²) in [5.74, 6) is 1.83. The molecule has 1 heterocycles. The van der Waals surface area contributed by atoms with Crippen LogP contribution in [0, 0.1) is 5.92 Å². The molecule has 2 unspecified atom stereocenters. The zero-order valence-corrected chi connectivity index (χ0v) is 8.83. The summed E-state index contributed by atoms with van der Waals surface area (Å²) in [5.41, 5.74) is 0. The van der Waals surface area contributed by atoms with Gasteiger partial charge in [0, 0.05) is 6.04 Å². The Morgan fingerprint density at radius 1 is 1.64 bits per heavy atom. The number of hydrogen-bond acceptors (Lipinski definition) is 3. The molecule has 1 fully saturated rings. The highest BCUT2D eigenvalue weighted by molar-refractivity contribution is 4.93. The minimum absolute atomic E-state index is 0.281. The molecule has 1 aromatic rings. The van der Waals surface area contributed by atoms with Crippen molar-refractivity contribution in [2.75, 3.05) is 0 Å². The quantitative estimate of drug-likeness (QED) is 0.749. The molecule has 0 amide bonds. The molecule has 2 N–H and O–H groups in total. The third kappa shape index (κ3) is 2.12. The van der Waals surface area contributed by atoms with Gasteiger partial charge >= 0.3 is 0 Å². The normalized spacial score (nSPS) is 20.7. The van der Waals surface area contributed by atoms with E-state index in [1.807, 2.05) is 0 Å². The molecule has 2 atom stereocenters. The Kier molecular flexibility index (Phi) is 2.82. The van der Waals surface area contributed by atoms with Gasteiger partial charge in [-0.1, -0.05) is 6.92 Å². The second kappa shape index (κ2) is 4.09. The van der Waals surface area contributed by atoms with Gasteiger partial charge < -0.3 is 5.32 Å². The zero-order valence-electron chi connectivity index (χ0n) is 8.83. The van der Waals surface area contributed by atoms with Crippen molar-refractivity contribution in [1.29, 1.82) is 0 Å². The fourth-order valence-corrected chi connectivity index (χ4v) is 1.91. The summed E-state index contributed by atoms with van der Waals surface area (Å²) in [4.78, 5) is 4.15. The van der Waals surface area contributed by atoms with Gasteiger partial charge in [0.2, 0.25) is 0 Å². The van der Waals surface area contributed by atoms with Crippen molar-refractivity contribution < 1.29 is 0 Å². The average molecular weight is 194 g/mol. The minimum Gasteiger partial charge on any atom is -0.304 e. The van der Waals surface area contributed by atoms with E-state index < -0.39 is 0 Å². The lowest BCUT2D eigenvalue weighted by Crippen LogP contribution is -2.33. The first kappa shape index (κ1) is 9.65. The highest BCUT2D eigenvalue weighted by Crippen LogP contribution is 2.34. The van der Waals surface area contributed by atoms with Crippen molar-refractivity contribution in [2.45, 2.75) is 45.2 Å². The molecule has 14 heavy (non-hydrogen) atoms. The van der Waals surface area contributed by atoms with E-state index in [2.05, 4.69) is 34.3 Å². The lowest BCUT2D eigenvalue weighted by molar-refractivity contribution is 0.396. The Morgan fingerprint density at radius 3 is 2.93 bits per heavy atom. The van der Waals surface area contributed by atoms with E-state index >= 15 is 0 Å². The van der Waals surface area contributed by atoms with Gasteiger partial charge in [-0.15, -0.1) is 0 Å². The van der Waals surface area contributed by atoms with Gasteiger partial charge in [-0.05, 0) is 32.1 Å². The van der Waals surface area contributed by atoms with Crippen LogP contribution in [0.5, 0.6) is 0 Å². The van der Waals surface area contributed by atoms with E-state index in [9.17, 15) is 0 Å². The fraction of sp³-hybridized carbons (Fsp3) is 0.800. The van der Waals surface area contributed by atoms with Crippen LogP contribution >= 0.6 is 0 Å². The molecule has 0 saturated heterocycles. The maximum atomic E-state index is 4.15. The lowest BCUT2D eigenvalue weighted by atomic mass is 10.1. The molecule has 4 nitrogen and oxygen atoms in total. The summed E-state index contributed by atoms with van der Waals surface area (Å²) in [5, 5.41) is 10.4. The van der Waals surface area contributed by atoms with E-state index in [-0.39, 0.29) is 6.04 Å². The number of H-pyrrole nitrogens is 1. The molecule has 2 rings (SSSR count). The average Bonchev–Trinajstić information content (AvgIpc) is 2.88. The Balaban J connectivity index is 1.89. The standard InChI is InChI=1S/C10H18N4/c1-3-9(8-4-5-8)13-7(2)10-11-6-12-14-10/h6-9,13H,3-5H2,1-2H3,(H,11,12,14). The minimum atomic E-state index is 0.281. The Bertz CT molecular complexity index is 266. The molecule has 78 valence electrons. The Hall–Kier alpha value is -0.900. The van der Waals surface area contributed by atoms with Crippen molar-refractivity contribution >= 4 is 0 Å². The number of aromatic nitrogens is 3. The number of aromatic amines is 1. The zero-order chi connectivity index (χ0) is 9.97. The molecular formula is C10H18N4. The third-order valence-electron chi connectivity index (χ3n) is 2.94. The van der Waals surface area contributed by atoms with Gasteiger partial charge in [-0.25, -0.2) is 4.98 Å². The van der Waals surface area contributed by atoms with Crippen LogP contribution in [0.25, 0.3) is 0 Å². The van der Waals surface area contributed by atoms with E-state index in [0.29, 0.717) is 6.04 Å². The highest BCUT2D eigenvalue weighted by Gasteiger charge is 2.30. The van der Waals surface area contributed by atoms with Crippen molar-refractivity contribution in [3.8, 4) is 0 Å². The first-order valence-corrected chi connectivity index (χ1v) is 5.42. The molecule has 1 aliphatic rings. The molecule has 1 aromatic heterocycles. The van der Waals surface area contributed by atoms with Crippen LogP contribution in [-0.4, -0.2) is 21.2 Å². The molecule has 4 heteroatoms. The maximum Gasteiger partial charge on any atom is 0.141 e. The molecule has 1 saturated carbocycles. The molecule has 1 aliphatic carbocycles. The van der Waals surface area contributed by atoms with Crippen molar-refractivity contribution in [3.63, 3.8) is 0 Å². The summed E-state index contributed by atoms with van der Waals surface area (Å²) in [6.07, 6.45) is 5.53. The van der Waals surface area contributed by atoms with Crippen LogP contribution in [-0.2, 0) is 0 Å². The third-order valence-corrected chi connectivity index (χ3v) is 2.94. The smallest absolute Gasteiger partial charge is 0.141 e. The largest absolute Gasteiger partial charge is 0.304 e. The Labute approximate surface area is 84.5 Å². The highest BCUT2D eigenvalue weighted by atomic mass is 15.2. The summed E-state index contributed by atoms with van der Waals surface area (Å²) in [6, 6.07) is 0.929. The fourth-order valence-electron chi connectivity index (χ4n) is 1.91. The van der Waals surface area contributed by atoms with Gasteiger partial charge in [0.1, 0.15) is 12.2 Å². The van der Waals surface area contributed by atoms with Crippen LogP contribution in [0.4, 0.5) is 0 Å². The summed E-state index contributed by atoms with van der Waals surface area (Å²) >= 11 is 0. The molecular weight excluding hydrogens is 176 g/mol. The summed E-state index contributed by atoms with van der Waals surface area (Å²) in [7, 11) is 0.